The highest BCUT2D eigenvalue weighted by Gasteiger charge is 2.23. The summed E-state index contributed by atoms with van der Waals surface area (Å²) in [4.78, 5) is 0. The van der Waals surface area contributed by atoms with Gasteiger partial charge in [0, 0.05) is 20.1 Å². The van der Waals surface area contributed by atoms with Crippen molar-refractivity contribution in [2.75, 3.05) is 12.8 Å². The van der Waals surface area contributed by atoms with Crippen molar-refractivity contribution in [3.63, 3.8) is 0 Å². The second kappa shape index (κ2) is 32.1. The van der Waals surface area contributed by atoms with Crippen molar-refractivity contribution in [2.45, 2.75) is 214 Å². The van der Waals surface area contributed by atoms with Gasteiger partial charge < -0.3 is 0 Å². The predicted octanol–water partition coefficient (Wildman–Crippen LogP) is 15.3. The standard InChI is InChI=1S/C28H60B.C13H19F2P/c1-5-9-13-17-21-25-29(26-22-18-14-10-6-2,27-23-19-15-11-7-3)28-24-20-16-12-8-4;1-3-4-5-6-9-16(2)13-8-7-11(14)10-12(13)15/h5-28H2,1-4H3;7-8,10H,3-6,9H2,1-2H3/q-1;/p+1. The fraction of sp³-hybridized carbons (Fsp3) is 0.854. The minimum absolute atomic E-state index is 0.0861. The maximum Gasteiger partial charge on any atom is 0.167 e. The van der Waals surface area contributed by atoms with Crippen LogP contribution in [0.15, 0.2) is 18.2 Å². The summed E-state index contributed by atoms with van der Waals surface area (Å²) >= 11 is 0. The van der Waals surface area contributed by atoms with Crippen LogP contribution in [0.25, 0.3) is 0 Å². The first-order valence-electron chi connectivity index (χ1n) is 20.4. The lowest BCUT2D eigenvalue weighted by atomic mass is 9.17. The summed E-state index contributed by atoms with van der Waals surface area (Å²) in [6.45, 7) is 13.7. The largest absolute Gasteiger partial charge is 0.207 e. The third-order valence-electron chi connectivity index (χ3n) is 10.5. The van der Waals surface area contributed by atoms with Crippen LogP contribution in [0.5, 0.6) is 0 Å². The number of rotatable bonds is 30. The molecule has 0 aliphatic heterocycles. The van der Waals surface area contributed by atoms with E-state index in [2.05, 4.69) is 41.3 Å². The summed E-state index contributed by atoms with van der Waals surface area (Å²) in [5, 5.41) is 0.739. The van der Waals surface area contributed by atoms with Gasteiger partial charge in [-0.25, -0.2) is 8.78 Å². The molecule has 1 aromatic carbocycles. The Bertz CT molecular complexity index is 694. The highest BCUT2D eigenvalue weighted by molar-refractivity contribution is 7.64. The van der Waals surface area contributed by atoms with Crippen molar-refractivity contribution in [3.8, 4) is 0 Å². The Morgan fingerprint density at radius 3 is 1.13 bits per heavy atom. The van der Waals surface area contributed by atoms with Crippen LogP contribution in [0.1, 0.15) is 189 Å². The van der Waals surface area contributed by atoms with E-state index in [1.165, 1.54) is 154 Å². The van der Waals surface area contributed by atoms with E-state index in [9.17, 15) is 8.78 Å². The molecule has 0 aliphatic carbocycles. The highest BCUT2D eigenvalue weighted by atomic mass is 31.1. The minimum Gasteiger partial charge on any atom is -0.207 e. The zero-order chi connectivity index (χ0) is 33.4. The van der Waals surface area contributed by atoms with Crippen molar-refractivity contribution < 1.29 is 8.78 Å². The van der Waals surface area contributed by atoms with E-state index in [1.54, 1.807) is 31.3 Å². The van der Waals surface area contributed by atoms with Crippen LogP contribution in [0, 0.1) is 11.6 Å². The Morgan fingerprint density at radius 1 is 0.467 bits per heavy atom. The van der Waals surface area contributed by atoms with E-state index < -0.39 is 13.7 Å². The molecular formula is C41H80BF2P. The SMILES string of the molecule is CCCCCCC[B-](CCCCCCC)(CCCCCCC)CCCCCCC.CCCCCC[PH+](C)c1ccc(F)cc1F. The van der Waals surface area contributed by atoms with Crippen molar-refractivity contribution in [3.05, 3.63) is 29.8 Å². The maximum atomic E-state index is 13.5. The molecule has 0 N–H and O–H groups in total. The van der Waals surface area contributed by atoms with Crippen molar-refractivity contribution >= 4 is 19.4 Å². The molecule has 0 spiro atoms. The first kappa shape index (κ1) is 44.6. The van der Waals surface area contributed by atoms with E-state index >= 15 is 0 Å². The monoisotopic (exact) mass is 653 g/mol. The third kappa shape index (κ3) is 25.3. The van der Waals surface area contributed by atoms with Crippen LogP contribution in [-0.2, 0) is 0 Å². The molecule has 0 nitrogen and oxygen atoms in total. The molecule has 266 valence electrons. The normalized spacial score (nSPS) is 12.3. The van der Waals surface area contributed by atoms with Gasteiger partial charge in [-0.05, 0) is 25.0 Å². The van der Waals surface area contributed by atoms with Crippen LogP contribution < -0.4 is 5.30 Å². The van der Waals surface area contributed by atoms with Gasteiger partial charge >= 0.3 is 0 Å². The van der Waals surface area contributed by atoms with Crippen LogP contribution in [-0.4, -0.2) is 19.0 Å². The molecular weight excluding hydrogens is 572 g/mol. The molecule has 1 aromatic rings. The highest BCUT2D eigenvalue weighted by Crippen LogP contribution is 2.35. The number of benzene rings is 1. The number of unbranched alkanes of at least 4 members (excludes halogenated alkanes) is 19. The lowest BCUT2D eigenvalue weighted by molar-refractivity contribution is 0.588. The summed E-state index contributed by atoms with van der Waals surface area (Å²) in [7, 11) is -0.836. The van der Waals surface area contributed by atoms with E-state index in [4.69, 9.17) is 0 Å². The van der Waals surface area contributed by atoms with Gasteiger partial charge in [-0.3, -0.25) is 0 Å². The van der Waals surface area contributed by atoms with Gasteiger partial charge in [-0.2, -0.15) is 25.3 Å². The quantitative estimate of drug-likeness (QED) is 0.0441. The Hall–Kier alpha value is -0.425. The Balaban J connectivity index is 0.00000101. The minimum atomic E-state index is -0.836. The molecule has 1 atom stereocenters. The van der Waals surface area contributed by atoms with E-state index in [1.807, 2.05) is 0 Å². The van der Waals surface area contributed by atoms with Crippen molar-refractivity contribution in [1.82, 2.24) is 0 Å². The molecule has 45 heavy (non-hydrogen) atoms. The molecule has 0 heterocycles. The van der Waals surface area contributed by atoms with Gasteiger partial charge in [-0.1, -0.05) is 176 Å². The van der Waals surface area contributed by atoms with Crippen molar-refractivity contribution in [2.24, 2.45) is 0 Å². The van der Waals surface area contributed by atoms with Crippen molar-refractivity contribution in [1.29, 1.82) is 0 Å². The zero-order valence-corrected chi connectivity index (χ0v) is 32.6. The van der Waals surface area contributed by atoms with Crippen LogP contribution in [0.2, 0.25) is 25.3 Å². The van der Waals surface area contributed by atoms with Gasteiger partial charge in [0.05, 0.1) is 12.8 Å². The van der Waals surface area contributed by atoms with Gasteiger partial charge in [0.25, 0.3) is 0 Å². The van der Waals surface area contributed by atoms with Crippen LogP contribution >= 0.6 is 7.92 Å². The first-order chi connectivity index (χ1) is 21.9. The molecule has 0 radical (unpaired) electrons. The molecule has 4 heteroatoms. The molecule has 0 bridgehead atoms. The number of hydrogen-bond acceptors (Lipinski definition) is 0. The molecule has 0 saturated heterocycles. The van der Waals surface area contributed by atoms with E-state index in [0.29, 0.717) is 0 Å². The smallest absolute Gasteiger partial charge is 0.167 e. The summed E-state index contributed by atoms with van der Waals surface area (Å²) in [5.74, 6) is -0.853. The number of halogens is 2. The topological polar surface area (TPSA) is 0 Å². The molecule has 0 aromatic heterocycles. The fourth-order valence-corrected chi connectivity index (χ4v) is 9.27. The van der Waals surface area contributed by atoms with Gasteiger partial charge in [0.2, 0.25) is 0 Å². The van der Waals surface area contributed by atoms with Gasteiger partial charge in [-0.15, -0.1) is 0 Å². The Morgan fingerprint density at radius 2 is 0.800 bits per heavy atom. The third-order valence-corrected chi connectivity index (χ3v) is 12.9. The second-order valence-corrected chi connectivity index (χ2v) is 17.4. The van der Waals surface area contributed by atoms with Crippen LogP contribution in [0.3, 0.4) is 0 Å². The summed E-state index contributed by atoms with van der Waals surface area (Å²) in [6, 6.07) is 3.97. The fourth-order valence-electron chi connectivity index (χ4n) is 7.38. The van der Waals surface area contributed by atoms with Crippen LogP contribution in [0.4, 0.5) is 8.78 Å². The summed E-state index contributed by atoms with van der Waals surface area (Å²) in [6.07, 6.45) is 41.6. The van der Waals surface area contributed by atoms with Gasteiger partial charge in [0.15, 0.2) is 5.82 Å². The average Bonchev–Trinajstić information content (AvgIpc) is 3.03. The Kier molecular flexibility index (Phi) is 31.8. The molecule has 1 unspecified atom stereocenters. The van der Waals surface area contributed by atoms with E-state index in [0.717, 1.165) is 24.0 Å². The summed E-state index contributed by atoms with van der Waals surface area (Å²) < 4.78 is 26.2. The Labute approximate surface area is 284 Å². The van der Waals surface area contributed by atoms with Gasteiger partial charge in [0.1, 0.15) is 11.1 Å². The predicted molar refractivity (Wildman–Crippen MR) is 209 cm³/mol. The molecule has 0 saturated carbocycles. The maximum absolute atomic E-state index is 13.5. The molecule has 0 aliphatic rings. The lowest BCUT2D eigenvalue weighted by Gasteiger charge is -2.41. The lowest BCUT2D eigenvalue weighted by Crippen LogP contribution is -2.34. The molecule has 1 rings (SSSR count). The average molecular weight is 653 g/mol. The van der Waals surface area contributed by atoms with E-state index in [-0.39, 0.29) is 12.0 Å². The molecule has 0 amide bonds. The first-order valence-corrected chi connectivity index (χ1v) is 22.6. The zero-order valence-electron chi connectivity index (χ0n) is 31.6. The summed E-state index contributed by atoms with van der Waals surface area (Å²) in [5.41, 5.74) is 0. The number of hydrogen-bond donors (Lipinski definition) is 0. The molecule has 0 fully saturated rings. The second-order valence-electron chi connectivity index (χ2n) is 14.8.